The van der Waals surface area contributed by atoms with Crippen molar-refractivity contribution in [3.8, 4) is 0 Å². The number of thioether (sulfide) groups is 2. The fourth-order valence-electron chi connectivity index (χ4n) is 0.599. The first kappa shape index (κ1) is 8.75. The Labute approximate surface area is 71.3 Å². The zero-order valence-electron chi connectivity index (χ0n) is 6.04. The van der Waals surface area contributed by atoms with Gasteiger partial charge < -0.3 is 4.74 Å². The minimum atomic E-state index is 0.592. The van der Waals surface area contributed by atoms with Gasteiger partial charge in [-0.3, -0.25) is 0 Å². The zero-order valence-corrected chi connectivity index (χ0v) is 7.68. The molecule has 0 aliphatic carbocycles. The van der Waals surface area contributed by atoms with E-state index in [1.54, 1.807) is 0 Å². The second kappa shape index (κ2) is 5.33. The van der Waals surface area contributed by atoms with Crippen molar-refractivity contribution >= 4 is 23.5 Å². The monoisotopic (exact) mass is 177 g/mol. The van der Waals surface area contributed by atoms with Gasteiger partial charge in [0.2, 0.25) is 0 Å². The maximum Gasteiger partial charge on any atom is 0.0900 e. The molecule has 1 heterocycles. The second-order valence-electron chi connectivity index (χ2n) is 2.14. The summed E-state index contributed by atoms with van der Waals surface area (Å²) in [7, 11) is 0. The Bertz CT molecular complexity index is 83.7. The van der Waals surface area contributed by atoms with Gasteiger partial charge in [-0.05, 0) is 12.7 Å². The van der Waals surface area contributed by atoms with Crippen LogP contribution in [0.1, 0.15) is 0 Å². The molecule has 1 atom stereocenters. The summed E-state index contributed by atoms with van der Waals surface area (Å²) in [6.07, 6.45) is 0.592. The van der Waals surface area contributed by atoms with Crippen molar-refractivity contribution in [1.29, 1.82) is 0 Å². The normalized spacial score (nSPS) is 23.1. The minimum absolute atomic E-state index is 0.592. The van der Waals surface area contributed by atoms with Crippen LogP contribution in [0.3, 0.4) is 0 Å². The van der Waals surface area contributed by atoms with Crippen LogP contribution in [0, 0.1) is 6.92 Å². The summed E-state index contributed by atoms with van der Waals surface area (Å²) in [6, 6.07) is 0. The zero-order chi connectivity index (χ0) is 7.23. The Kier molecular flexibility index (Phi) is 4.66. The third-order valence-electron chi connectivity index (χ3n) is 1.22. The van der Waals surface area contributed by atoms with E-state index >= 15 is 0 Å². The van der Waals surface area contributed by atoms with Gasteiger partial charge in [-0.25, -0.2) is 0 Å². The summed E-state index contributed by atoms with van der Waals surface area (Å²) in [5, 5.41) is 0. The van der Waals surface area contributed by atoms with Gasteiger partial charge in [-0.1, -0.05) is 0 Å². The molecule has 1 rings (SSSR count). The lowest BCUT2D eigenvalue weighted by molar-refractivity contribution is 0.426. The van der Waals surface area contributed by atoms with Crippen LogP contribution in [0.15, 0.2) is 0 Å². The van der Waals surface area contributed by atoms with Crippen LogP contribution in [0.25, 0.3) is 0 Å². The molecule has 0 aromatic rings. The highest BCUT2D eigenvalue weighted by atomic mass is 32.2. The molecule has 0 spiro atoms. The van der Waals surface area contributed by atoms with Gasteiger partial charge in [0.1, 0.15) is 0 Å². The van der Waals surface area contributed by atoms with Crippen LogP contribution >= 0.6 is 23.5 Å². The van der Waals surface area contributed by atoms with Crippen LogP contribution in [-0.4, -0.2) is 35.7 Å². The van der Waals surface area contributed by atoms with Crippen molar-refractivity contribution in [2.45, 2.75) is 6.10 Å². The van der Waals surface area contributed by atoms with Crippen LogP contribution in [0.5, 0.6) is 0 Å². The van der Waals surface area contributed by atoms with E-state index in [9.17, 15) is 0 Å². The van der Waals surface area contributed by atoms with Gasteiger partial charge in [0.25, 0.3) is 0 Å². The van der Waals surface area contributed by atoms with Gasteiger partial charge in [-0.2, -0.15) is 23.5 Å². The molecule has 0 saturated carbocycles. The standard InChI is InChI=1S/C7H13OS2/c1-2-9-3-4-10-6-7-5-8-7/h7H,1-6H2. The molecule has 10 heavy (non-hydrogen) atoms. The summed E-state index contributed by atoms with van der Waals surface area (Å²) in [6.45, 7) is 4.76. The Hall–Kier alpha value is 0.660. The van der Waals surface area contributed by atoms with Gasteiger partial charge in [0, 0.05) is 17.3 Å². The third kappa shape index (κ3) is 4.47. The molecule has 1 radical (unpaired) electrons. The summed E-state index contributed by atoms with van der Waals surface area (Å²) < 4.78 is 5.08. The number of hydrogen-bond donors (Lipinski definition) is 0. The molecular formula is C7H13OS2. The molecule has 1 nitrogen and oxygen atoms in total. The predicted molar refractivity (Wildman–Crippen MR) is 49.7 cm³/mol. The van der Waals surface area contributed by atoms with Crippen molar-refractivity contribution in [2.24, 2.45) is 0 Å². The van der Waals surface area contributed by atoms with Gasteiger partial charge >= 0.3 is 0 Å². The smallest absolute Gasteiger partial charge is 0.0900 e. The summed E-state index contributed by atoms with van der Waals surface area (Å²) in [5.41, 5.74) is 0. The summed E-state index contributed by atoms with van der Waals surface area (Å²) >= 11 is 3.90. The lowest BCUT2D eigenvalue weighted by atomic mass is 10.6. The van der Waals surface area contributed by atoms with Crippen molar-refractivity contribution in [1.82, 2.24) is 0 Å². The van der Waals surface area contributed by atoms with E-state index in [0.717, 1.165) is 12.4 Å². The maximum atomic E-state index is 5.08. The summed E-state index contributed by atoms with van der Waals surface area (Å²) in [5.74, 6) is 4.68. The SMILES string of the molecule is [CH2]CSCCSCC1CO1. The fourth-order valence-corrected chi connectivity index (χ4v) is 2.37. The number of epoxide rings is 1. The fraction of sp³-hybridized carbons (Fsp3) is 0.857. The quantitative estimate of drug-likeness (QED) is 0.452. The van der Waals surface area contributed by atoms with Crippen molar-refractivity contribution in [3.05, 3.63) is 6.92 Å². The van der Waals surface area contributed by atoms with Gasteiger partial charge in [0.05, 0.1) is 12.7 Å². The lowest BCUT2D eigenvalue weighted by Crippen LogP contribution is -1.92. The van der Waals surface area contributed by atoms with Crippen molar-refractivity contribution in [2.75, 3.05) is 29.6 Å². The molecular weight excluding hydrogens is 164 g/mol. The largest absolute Gasteiger partial charge is 0.372 e. The Balaban J connectivity index is 1.68. The molecule has 1 aliphatic rings. The Morgan fingerprint density at radius 1 is 1.40 bits per heavy atom. The molecule has 0 amide bonds. The predicted octanol–water partition coefficient (Wildman–Crippen LogP) is 1.69. The topological polar surface area (TPSA) is 12.5 Å². The molecule has 1 unspecified atom stereocenters. The highest BCUT2D eigenvalue weighted by molar-refractivity contribution is 8.02. The Morgan fingerprint density at radius 3 is 2.70 bits per heavy atom. The van der Waals surface area contributed by atoms with E-state index < -0.39 is 0 Å². The average Bonchev–Trinajstić information content (AvgIpc) is 2.71. The van der Waals surface area contributed by atoms with E-state index in [2.05, 4.69) is 6.92 Å². The average molecular weight is 177 g/mol. The second-order valence-corrected chi connectivity index (χ2v) is 4.52. The van der Waals surface area contributed by atoms with Crippen molar-refractivity contribution < 1.29 is 4.74 Å². The molecule has 59 valence electrons. The molecule has 0 aromatic heterocycles. The third-order valence-corrected chi connectivity index (χ3v) is 3.36. The van der Waals surface area contributed by atoms with Crippen molar-refractivity contribution in [3.63, 3.8) is 0 Å². The maximum absolute atomic E-state index is 5.08. The number of rotatable bonds is 6. The first-order valence-corrected chi connectivity index (χ1v) is 5.80. The molecule has 0 bridgehead atoms. The number of ether oxygens (including phenoxy) is 1. The van der Waals surface area contributed by atoms with E-state index in [-0.39, 0.29) is 0 Å². The molecule has 0 N–H and O–H groups in total. The van der Waals surface area contributed by atoms with Crippen LogP contribution in [0.2, 0.25) is 0 Å². The Morgan fingerprint density at radius 2 is 2.10 bits per heavy atom. The molecule has 1 fully saturated rings. The molecule has 1 saturated heterocycles. The van der Waals surface area contributed by atoms with E-state index in [0.29, 0.717) is 6.10 Å². The first-order valence-electron chi connectivity index (χ1n) is 3.50. The van der Waals surface area contributed by atoms with E-state index in [1.807, 2.05) is 23.5 Å². The van der Waals surface area contributed by atoms with E-state index in [4.69, 9.17) is 4.74 Å². The van der Waals surface area contributed by atoms with Gasteiger partial charge in [0.15, 0.2) is 0 Å². The molecule has 1 aliphatic heterocycles. The van der Waals surface area contributed by atoms with E-state index in [1.165, 1.54) is 17.3 Å². The van der Waals surface area contributed by atoms with Crippen LogP contribution < -0.4 is 0 Å². The molecule has 3 heteroatoms. The lowest BCUT2D eigenvalue weighted by Gasteiger charge is -1.96. The van der Waals surface area contributed by atoms with Crippen LogP contribution in [0.4, 0.5) is 0 Å². The highest BCUT2D eigenvalue weighted by Crippen LogP contribution is 2.16. The molecule has 0 aromatic carbocycles. The highest BCUT2D eigenvalue weighted by Gasteiger charge is 2.21. The minimum Gasteiger partial charge on any atom is -0.372 e. The summed E-state index contributed by atoms with van der Waals surface area (Å²) in [4.78, 5) is 0. The van der Waals surface area contributed by atoms with Crippen LogP contribution in [-0.2, 0) is 4.74 Å². The number of hydrogen-bond acceptors (Lipinski definition) is 3. The first-order chi connectivity index (χ1) is 4.93. The van der Waals surface area contributed by atoms with Gasteiger partial charge in [-0.15, -0.1) is 0 Å².